The van der Waals surface area contributed by atoms with Crippen molar-refractivity contribution < 1.29 is 4.39 Å². The number of thiazole rings is 1. The minimum Gasteiger partial charge on any atom is -0.253 e. The van der Waals surface area contributed by atoms with Crippen molar-refractivity contribution in [1.29, 1.82) is 0 Å². The van der Waals surface area contributed by atoms with Crippen LogP contribution in [0.3, 0.4) is 0 Å². The van der Waals surface area contributed by atoms with E-state index in [1.165, 1.54) is 23.5 Å². The van der Waals surface area contributed by atoms with Crippen LogP contribution in [0, 0.1) is 5.82 Å². The lowest BCUT2D eigenvalue weighted by molar-refractivity contribution is 0.627. The van der Waals surface area contributed by atoms with Crippen LogP contribution in [0.15, 0.2) is 82.2 Å². The molecule has 3 aromatic rings. The Balaban J connectivity index is 2.06. The Kier molecular flexibility index (Phi) is 5.36. The maximum absolute atomic E-state index is 13.4. The number of benzene rings is 2. The third-order valence-corrected chi connectivity index (χ3v) is 4.26. The fourth-order valence-electron chi connectivity index (χ4n) is 2.24. The molecule has 0 aliphatic carbocycles. The van der Waals surface area contributed by atoms with Gasteiger partial charge in [0.2, 0.25) is 4.80 Å². The van der Waals surface area contributed by atoms with E-state index in [1.807, 2.05) is 48.7 Å². The summed E-state index contributed by atoms with van der Waals surface area (Å²) in [5, 5.41) is 6.57. The molecule has 3 rings (SSSR count). The first-order chi connectivity index (χ1) is 12.1. The Morgan fingerprint density at radius 1 is 1.20 bits per heavy atom. The molecule has 126 valence electrons. The number of hydrogen-bond acceptors (Lipinski definition) is 3. The summed E-state index contributed by atoms with van der Waals surface area (Å²) < 4.78 is 15.2. The monoisotopic (exact) mass is 351 g/mol. The van der Waals surface area contributed by atoms with Gasteiger partial charge in [0.1, 0.15) is 5.82 Å². The van der Waals surface area contributed by atoms with Gasteiger partial charge >= 0.3 is 0 Å². The fraction of sp³-hybridized carbons (Fsp3) is 0.100. The van der Waals surface area contributed by atoms with E-state index >= 15 is 0 Å². The van der Waals surface area contributed by atoms with Gasteiger partial charge in [0.05, 0.1) is 18.5 Å². The molecule has 3 nitrogen and oxygen atoms in total. The lowest BCUT2D eigenvalue weighted by Crippen LogP contribution is -2.13. The predicted octanol–water partition coefficient (Wildman–Crippen LogP) is 4.71. The number of halogens is 1. The maximum atomic E-state index is 13.4. The summed E-state index contributed by atoms with van der Waals surface area (Å²) in [5.74, 6) is -0.283. The summed E-state index contributed by atoms with van der Waals surface area (Å²) in [5.41, 5.74) is 3.67. The van der Waals surface area contributed by atoms with Crippen LogP contribution in [0.4, 0.5) is 4.39 Å². The highest BCUT2D eigenvalue weighted by atomic mass is 32.1. The molecule has 25 heavy (non-hydrogen) atoms. The largest absolute Gasteiger partial charge is 0.253 e. The molecule has 2 aromatic carbocycles. The van der Waals surface area contributed by atoms with E-state index in [4.69, 9.17) is 0 Å². The van der Waals surface area contributed by atoms with Gasteiger partial charge in [-0.1, -0.05) is 54.6 Å². The second kappa shape index (κ2) is 7.85. The average molecular weight is 351 g/mol. The first-order valence-corrected chi connectivity index (χ1v) is 8.72. The zero-order valence-electron chi connectivity index (χ0n) is 13.9. The van der Waals surface area contributed by atoms with Gasteiger partial charge in [0.15, 0.2) is 0 Å². The van der Waals surface area contributed by atoms with Crippen LogP contribution < -0.4 is 4.80 Å². The van der Waals surface area contributed by atoms with E-state index in [0.717, 1.165) is 21.6 Å². The molecule has 0 aliphatic rings. The van der Waals surface area contributed by atoms with Gasteiger partial charge in [0.25, 0.3) is 0 Å². The van der Waals surface area contributed by atoms with Gasteiger partial charge in [-0.25, -0.2) is 9.07 Å². The first-order valence-electron chi connectivity index (χ1n) is 7.84. The van der Waals surface area contributed by atoms with Gasteiger partial charge in [-0.3, -0.25) is 4.99 Å². The van der Waals surface area contributed by atoms with Gasteiger partial charge in [-0.05, 0) is 24.6 Å². The molecule has 0 atom stereocenters. The maximum Gasteiger partial charge on any atom is 0.206 e. The Morgan fingerprint density at radius 2 is 2.00 bits per heavy atom. The van der Waals surface area contributed by atoms with Crippen LogP contribution in [-0.2, 0) is 0 Å². The van der Waals surface area contributed by atoms with Gasteiger partial charge in [-0.2, -0.15) is 5.10 Å². The van der Waals surface area contributed by atoms with Crippen LogP contribution in [0.1, 0.15) is 12.5 Å². The number of rotatable bonds is 5. The van der Waals surface area contributed by atoms with Crippen LogP contribution in [0.5, 0.6) is 0 Å². The zero-order chi connectivity index (χ0) is 17.6. The molecule has 0 radical (unpaired) electrons. The molecule has 0 unspecified atom stereocenters. The molecular weight excluding hydrogens is 333 g/mol. The molecule has 1 aromatic heterocycles. The van der Waals surface area contributed by atoms with Crippen LogP contribution in [0.2, 0.25) is 0 Å². The van der Waals surface area contributed by atoms with Crippen molar-refractivity contribution in [2.45, 2.75) is 6.92 Å². The summed E-state index contributed by atoms with van der Waals surface area (Å²) >= 11 is 1.52. The number of hydrogen-bond donors (Lipinski definition) is 0. The molecule has 0 saturated carbocycles. The van der Waals surface area contributed by atoms with Gasteiger partial charge in [-0.15, -0.1) is 11.3 Å². The molecule has 0 bridgehead atoms. The lowest BCUT2D eigenvalue weighted by atomic mass is 10.2. The summed E-state index contributed by atoms with van der Waals surface area (Å²) in [6.07, 6.45) is 1.64. The summed E-state index contributed by atoms with van der Waals surface area (Å²) in [6.45, 7) is 6.38. The average Bonchev–Trinajstić information content (AvgIpc) is 3.02. The van der Waals surface area contributed by atoms with E-state index in [1.54, 1.807) is 17.0 Å². The predicted molar refractivity (Wildman–Crippen MR) is 102 cm³/mol. The first kappa shape index (κ1) is 17.0. The fourth-order valence-corrected chi connectivity index (χ4v) is 3.08. The molecule has 0 N–H and O–H groups in total. The molecule has 0 fully saturated rings. The molecule has 0 aliphatic heterocycles. The third kappa shape index (κ3) is 4.39. The highest BCUT2D eigenvalue weighted by Crippen LogP contribution is 2.19. The van der Waals surface area contributed by atoms with Crippen molar-refractivity contribution >= 4 is 17.6 Å². The smallest absolute Gasteiger partial charge is 0.206 e. The molecule has 0 spiro atoms. The Morgan fingerprint density at radius 3 is 2.72 bits per heavy atom. The second-order valence-electron chi connectivity index (χ2n) is 5.65. The Labute approximate surface area is 150 Å². The minimum absolute atomic E-state index is 0.283. The Hall–Kier alpha value is -2.79. The number of aromatic nitrogens is 1. The van der Waals surface area contributed by atoms with Crippen molar-refractivity contribution in [2.75, 3.05) is 6.54 Å². The minimum atomic E-state index is -0.283. The zero-order valence-corrected chi connectivity index (χ0v) is 14.7. The van der Waals surface area contributed by atoms with E-state index < -0.39 is 0 Å². The standard InChI is InChI=1S/C20H18FN3S/c1-15(2)12-22-20-24(23-13-16-7-6-10-18(21)11-16)19(14-25-20)17-8-4-3-5-9-17/h3-11,13-14H,1,12H2,2H3. The quantitative estimate of drug-likeness (QED) is 0.470. The van der Waals surface area contributed by atoms with E-state index in [2.05, 4.69) is 16.7 Å². The highest BCUT2D eigenvalue weighted by Gasteiger charge is 2.06. The molecule has 1 heterocycles. The highest BCUT2D eigenvalue weighted by molar-refractivity contribution is 7.07. The molecule has 0 saturated heterocycles. The SMILES string of the molecule is C=C(C)CN=c1scc(-c2ccccc2)n1N=Cc1cccc(F)c1. The topological polar surface area (TPSA) is 29.6 Å². The summed E-state index contributed by atoms with van der Waals surface area (Å²) in [7, 11) is 0. The van der Waals surface area contributed by atoms with Gasteiger partial charge in [0, 0.05) is 10.9 Å². The lowest BCUT2D eigenvalue weighted by Gasteiger charge is -2.03. The van der Waals surface area contributed by atoms with Crippen LogP contribution in [-0.4, -0.2) is 17.4 Å². The van der Waals surface area contributed by atoms with Crippen molar-refractivity contribution in [3.05, 3.63) is 88.3 Å². The van der Waals surface area contributed by atoms with Crippen molar-refractivity contribution in [2.24, 2.45) is 10.1 Å². The summed E-state index contributed by atoms with van der Waals surface area (Å²) in [6, 6.07) is 16.3. The normalized spacial score (nSPS) is 12.0. The molecular formula is C20H18FN3S. The van der Waals surface area contributed by atoms with Crippen molar-refractivity contribution in [3.8, 4) is 11.3 Å². The molecule has 0 amide bonds. The number of nitrogens with zero attached hydrogens (tertiary/aromatic N) is 3. The summed E-state index contributed by atoms with van der Waals surface area (Å²) in [4.78, 5) is 5.35. The van der Waals surface area contributed by atoms with E-state index in [0.29, 0.717) is 12.1 Å². The second-order valence-corrected chi connectivity index (χ2v) is 6.49. The third-order valence-electron chi connectivity index (χ3n) is 3.41. The van der Waals surface area contributed by atoms with Crippen molar-refractivity contribution in [3.63, 3.8) is 0 Å². The van der Waals surface area contributed by atoms with Crippen LogP contribution in [0.25, 0.3) is 11.3 Å². The van der Waals surface area contributed by atoms with Crippen molar-refractivity contribution in [1.82, 2.24) is 4.68 Å². The van der Waals surface area contributed by atoms with E-state index in [-0.39, 0.29) is 5.82 Å². The van der Waals surface area contributed by atoms with E-state index in [9.17, 15) is 4.39 Å². The Bertz CT molecular complexity index is 968. The van der Waals surface area contributed by atoms with Crippen LogP contribution >= 0.6 is 11.3 Å². The molecule has 5 heteroatoms. The van der Waals surface area contributed by atoms with Gasteiger partial charge < -0.3 is 0 Å².